The molecule has 104 valence electrons. The van der Waals surface area contributed by atoms with Gasteiger partial charge in [-0.2, -0.15) is 11.8 Å². The van der Waals surface area contributed by atoms with Gasteiger partial charge in [0, 0.05) is 24.5 Å². The zero-order valence-electron chi connectivity index (χ0n) is 12.3. The van der Waals surface area contributed by atoms with E-state index in [4.69, 9.17) is 4.98 Å². The SMILES string of the molecule is CCSCc1ccc(C2=CCN(C)CC2)nc1CC. The van der Waals surface area contributed by atoms with Gasteiger partial charge < -0.3 is 4.90 Å². The molecule has 0 amide bonds. The van der Waals surface area contributed by atoms with Crippen molar-refractivity contribution in [3.63, 3.8) is 0 Å². The van der Waals surface area contributed by atoms with E-state index in [1.54, 1.807) is 0 Å². The molecule has 0 N–H and O–H groups in total. The molecule has 0 bridgehead atoms. The predicted molar refractivity (Wildman–Crippen MR) is 85.5 cm³/mol. The lowest BCUT2D eigenvalue weighted by atomic mass is 10.0. The van der Waals surface area contributed by atoms with E-state index in [1.165, 1.54) is 28.3 Å². The van der Waals surface area contributed by atoms with Crippen LogP contribution < -0.4 is 0 Å². The van der Waals surface area contributed by atoms with Crippen LogP contribution in [0.1, 0.15) is 37.2 Å². The van der Waals surface area contributed by atoms with Crippen LogP contribution in [-0.2, 0) is 12.2 Å². The average molecular weight is 276 g/mol. The molecule has 0 atom stereocenters. The highest BCUT2D eigenvalue weighted by Crippen LogP contribution is 2.23. The minimum absolute atomic E-state index is 1.03. The molecule has 0 spiro atoms. The summed E-state index contributed by atoms with van der Waals surface area (Å²) >= 11 is 1.97. The highest BCUT2D eigenvalue weighted by molar-refractivity contribution is 7.98. The maximum atomic E-state index is 4.89. The number of pyridine rings is 1. The quantitative estimate of drug-likeness (QED) is 0.817. The van der Waals surface area contributed by atoms with E-state index in [2.05, 4.69) is 44.0 Å². The molecule has 0 saturated carbocycles. The van der Waals surface area contributed by atoms with E-state index in [9.17, 15) is 0 Å². The van der Waals surface area contributed by atoms with Gasteiger partial charge in [-0.1, -0.05) is 26.0 Å². The Kier molecular flexibility index (Phi) is 5.46. The first-order valence-corrected chi connectivity index (χ1v) is 8.34. The van der Waals surface area contributed by atoms with Crippen LogP contribution in [0.3, 0.4) is 0 Å². The average Bonchev–Trinajstić information content (AvgIpc) is 2.46. The Morgan fingerprint density at radius 3 is 2.79 bits per heavy atom. The van der Waals surface area contributed by atoms with E-state index < -0.39 is 0 Å². The van der Waals surface area contributed by atoms with Crippen LogP contribution in [-0.4, -0.2) is 35.8 Å². The molecule has 2 nitrogen and oxygen atoms in total. The molecule has 19 heavy (non-hydrogen) atoms. The van der Waals surface area contributed by atoms with Gasteiger partial charge in [-0.3, -0.25) is 4.98 Å². The van der Waals surface area contributed by atoms with Crippen LogP contribution >= 0.6 is 11.8 Å². The van der Waals surface area contributed by atoms with Crippen LogP contribution in [0.2, 0.25) is 0 Å². The number of rotatable bonds is 5. The van der Waals surface area contributed by atoms with Gasteiger partial charge >= 0.3 is 0 Å². The number of thioether (sulfide) groups is 1. The highest BCUT2D eigenvalue weighted by Gasteiger charge is 2.12. The second-order valence-electron chi connectivity index (χ2n) is 5.03. The third kappa shape index (κ3) is 3.83. The van der Waals surface area contributed by atoms with Gasteiger partial charge in [0.05, 0.1) is 5.69 Å². The summed E-state index contributed by atoms with van der Waals surface area (Å²) in [5.41, 5.74) is 5.29. The van der Waals surface area contributed by atoms with Gasteiger partial charge in [0.15, 0.2) is 0 Å². The normalized spacial score (nSPS) is 16.5. The monoisotopic (exact) mass is 276 g/mol. The second-order valence-corrected chi connectivity index (χ2v) is 6.31. The molecule has 1 aliphatic heterocycles. The second kappa shape index (κ2) is 7.11. The molecule has 2 heterocycles. The third-order valence-corrected chi connectivity index (χ3v) is 4.53. The summed E-state index contributed by atoms with van der Waals surface area (Å²) in [4.78, 5) is 7.24. The molecule has 1 aliphatic rings. The zero-order chi connectivity index (χ0) is 13.7. The Morgan fingerprint density at radius 1 is 1.32 bits per heavy atom. The molecule has 0 radical (unpaired) electrons. The van der Waals surface area contributed by atoms with Gasteiger partial charge in [-0.05, 0) is 42.8 Å². The molecule has 0 fully saturated rings. The third-order valence-electron chi connectivity index (χ3n) is 3.61. The summed E-state index contributed by atoms with van der Waals surface area (Å²) in [7, 11) is 2.17. The van der Waals surface area contributed by atoms with Gasteiger partial charge in [0.1, 0.15) is 0 Å². The summed E-state index contributed by atoms with van der Waals surface area (Å²) in [6.45, 7) is 6.60. The van der Waals surface area contributed by atoms with Crippen molar-refractivity contribution in [1.29, 1.82) is 0 Å². The number of likely N-dealkylation sites (N-methyl/N-ethyl adjacent to an activating group) is 1. The van der Waals surface area contributed by atoms with Crippen molar-refractivity contribution in [3.8, 4) is 0 Å². The minimum Gasteiger partial charge on any atom is -0.302 e. The summed E-state index contributed by atoms with van der Waals surface area (Å²) in [6, 6.07) is 4.49. The molecule has 0 aromatic carbocycles. The fraction of sp³-hybridized carbons (Fsp3) is 0.562. The van der Waals surface area contributed by atoms with Crippen LogP contribution in [0.5, 0.6) is 0 Å². The minimum atomic E-state index is 1.03. The molecule has 3 heteroatoms. The maximum Gasteiger partial charge on any atom is 0.0662 e. The summed E-state index contributed by atoms with van der Waals surface area (Å²) in [5, 5.41) is 0. The van der Waals surface area contributed by atoms with Crippen molar-refractivity contribution < 1.29 is 0 Å². The first kappa shape index (κ1) is 14.6. The summed E-state index contributed by atoms with van der Waals surface area (Å²) in [5.74, 6) is 2.26. The number of aromatic nitrogens is 1. The zero-order valence-corrected chi connectivity index (χ0v) is 13.1. The summed E-state index contributed by atoms with van der Waals surface area (Å²) < 4.78 is 0. The van der Waals surface area contributed by atoms with Crippen LogP contribution in [0.25, 0.3) is 5.57 Å². The van der Waals surface area contributed by atoms with Gasteiger partial charge in [-0.15, -0.1) is 0 Å². The van der Waals surface area contributed by atoms with E-state index in [-0.39, 0.29) is 0 Å². The van der Waals surface area contributed by atoms with Crippen molar-refractivity contribution in [2.24, 2.45) is 0 Å². The Balaban J connectivity index is 2.19. The molecule has 1 aromatic rings. The topological polar surface area (TPSA) is 16.1 Å². The van der Waals surface area contributed by atoms with Gasteiger partial charge in [0.25, 0.3) is 0 Å². The Morgan fingerprint density at radius 2 is 2.16 bits per heavy atom. The van der Waals surface area contributed by atoms with E-state index in [0.29, 0.717) is 0 Å². The lowest BCUT2D eigenvalue weighted by molar-refractivity contribution is 0.369. The molecular formula is C16H24N2S. The lowest BCUT2D eigenvalue weighted by Crippen LogP contribution is -2.24. The molecule has 2 rings (SSSR count). The number of hydrogen-bond acceptors (Lipinski definition) is 3. The van der Waals surface area contributed by atoms with Crippen molar-refractivity contribution in [1.82, 2.24) is 9.88 Å². The van der Waals surface area contributed by atoms with Gasteiger partial charge in [-0.25, -0.2) is 0 Å². The molecule has 1 aromatic heterocycles. The Bertz CT molecular complexity index is 454. The van der Waals surface area contributed by atoms with E-state index in [0.717, 1.165) is 31.7 Å². The first-order valence-electron chi connectivity index (χ1n) is 7.19. The number of nitrogens with zero attached hydrogens (tertiary/aromatic N) is 2. The van der Waals surface area contributed by atoms with E-state index in [1.807, 2.05) is 11.8 Å². The van der Waals surface area contributed by atoms with Crippen LogP contribution in [0.4, 0.5) is 0 Å². The predicted octanol–water partition coefficient (Wildman–Crippen LogP) is 3.62. The van der Waals surface area contributed by atoms with Crippen molar-refractivity contribution in [3.05, 3.63) is 35.2 Å². The van der Waals surface area contributed by atoms with Crippen molar-refractivity contribution in [2.75, 3.05) is 25.9 Å². The molecule has 0 unspecified atom stereocenters. The largest absolute Gasteiger partial charge is 0.302 e. The highest BCUT2D eigenvalue weighted by atomic mass is 32.2. The van der Waals surface area contributed by atoms with Crippen LogP contribution in [0.15, 0.2) is 18.2 Å². The molecular weight excluding hydrogens is 252 g/mol. The molecule has 0 saturated heterocycles. The van der Waals surface area contributed by atoms with Crippen molar-refractivity contribution in [2.45, 2.75) is 32.4 Å². The maximum absolute atomic E-state index is 4.89. The molecule has 0 aliphatic carbocycles. The fourth-order valence-electron chi connectivity index (χ4n) is 2.36. The van der Waals surface area contributed by atoms with E-state index >= 15 is 0 Å². The fourth-order valence-corrected chi connectivity index (χ4v) is 3.05. The first-order chi connectivity index (χ1) is 9.24. The Labute approximate surface area is 121 Å². The van der Waals surface area contributed by atoms with Crippen molar-refractivity contribution >= 4 is 17.3 Å². The van der Waals surface area contributed by atoms with Crippen LogP contribution in [0, 0.1) is 0 Å². The number of aryl methyl sites for hydroxylation is 1. The lowest BCUT2D eigenvalue weighted by Gasteiger charge is -2.22. The number of hydrogen-bond donors (Lipinski definition) is 0. The smallest absolute Gasteiger partial charge is 0.0662 e. The standard InChI is InChI=1S/C16H24N2S/c1-4-15-14(12-19-5-2)6-7-16(17-15)13-8-10-18(3)11-9-13/h6-8H,4-5,9-12H2,1-3H3. The van der Waals surface area contributed by atoms with Gasteiger partial charge in [0.2, 0.25) is 0 Å². The summed E-state index contributed by atoms with van der Waals surface area (Å²) in [6.07, 6.45) is 4.47. The Hall–Kier alpha value is -0.800.